The highest BCUT2D eigenvalue weighted by Gasteiger charge is 2.35. The van der Waals surface area contributed by atoms with Gasteiger partial charge >= 0.3 is 0 Å². The number of amides is 1. The van der Waals surface area contributed by atoms with Gasteiger partial charge in [-0.15, -0.1) is 0 Å². The van der Waals surface area contributed by atoms with Gasteiger partial charge in [0, 0.05) is 44.1 Å². The second-order valence-electron chi connectivity index (χ2n) is 9.35. The Morgan fingerprint density at radius 3 is 2.43 bits per heavy atom. The van der Waals surface area contributed by atoms with E-state index in [9.17, 15) is 14.0 Å². The minimum Gasteiger partial charge on any atom is -0.368 e. The lowest BCUT2D eigenvalue weighted by molar-refractivity contribution is -0.123. The number of aromatic nitrogens is 2. The van der Waals surface area contributed by atoms with Gasteiger partial charge in [0.1, 0.15) is 21.6 Å². The fourth-order valence-electron chi connectivity index (χ4n) is 4.62. The average molecular weight is 538 g/mol. The SMILES string of the molecule is CC[C@H](C)N1C(=O)/C(=C\c2c(N3CCN(c4ccc(F)cc4)CC3)nc3ccc(C)cn3c2=O)SC1=S. The van der Waals surface area contributed by atoms with Gasteiger partial charge in [-0.3, -0.25) is 18.9 Å². The summed E-state index contributed by atoms with van der Waals surface area (Å²) in [5, 5.41) is 0. The molecule has 1 amide bonds. The Hall–Kier alpha value is -3.24. The van der Waals surface area contributed by atoms with E-state index in [1.165, 1.54) is 28.3 Å². The Kier molecular flexibility index (Phi) is 7.04. The predicted octanol–water partition coefficient (Wildman–Crippen LogP) is 4.47. The molecule has 2 aromatic heterocycles. The zero-order chi connectivity index (χ0) is 26.3. The first-order chi connectivity index (χ1) is 17.8. The third-order valence-electron chi connectivity index (χ3n) is 6.89. The molecule has 192 valence electrons. The molecule has 0 N–H and O–H groups in total. The molecule has 0 unspecified atom stereocenters. The molecule has 2 aliphatic heterocycles. The molecule has 2 fully saturated rings. The van der Waals surface area contributed by atoms with Gasteiger partial charge < -0.3 is 9.80 Å². The van der Waals surface area contributed by atoms with Crippen molar-refractivity contribution in [1.29, 1.82) is 0 Å². The van der Waals surface area contributed by atoms with Crippen LogP contribution in [0.3, 0.4) is 0 Å². The number of pyridine rings is 1. The molecule has 1 atom stereocenters. The Morgan fingerprint density at radius 2 is 1.76 bits per heavy atom. The van der Waals surface area contributed by atoms with Crippen LogP contribution >= 0.6 is 24.0 Å². The van der Waals surface area contributed by atoms with Crippen molar-refractivity contribution >= 4 is 57.4 Å². The first kappa shape index (κ1) is 25.4. The molecule has 37 heavy (non-hydrogen) atoms. The van der Waals surface area contributed by atoms with Crippen molar-refractivity contribution in [2.75, 3.05) is 36.0 Å². The number of fused-ring (bicyclic) bond motifs is 1. The highest BCUT2D eigenvalue weighted by Crippen LogP contribution is 2.35. The molecule has 2 aliphatic rings. The maximum Gasteiger partial charge on any atom is 0.267 e. The van der Waals surface area contributed by atoms with Crippen LogP contribution in [-0.2, 0) is 4.79 Å². The number of thioether (sulfide) groups is 1. The van der Waals surface area contributed by atoms with Crippen molar-refractivity contribution in [2.24, 2.45) is 0 Å². The van der Waals surface area contributed by atoms with E-state index in [-0.39, 0.29) is 23.3 Å². The van der Waals surface area contributed by atoms with Crippen LogP contribution in [0.25, 0.3) is 11.7 Å². The number of anilines is 2. The fourth-order valence-corrected chi connectivity index (χ4v) is 6.06. The Labute approximate surface area is 224 Å². The number of hydrogen-bond donors (Lipinski definition) is 0. The Morgan fingerprint density at radius 1 is 1.08 bits per heavy atom. The van der Waals surface area contributed by atoms with Crippen LogP contribution in [0.5, 0.6) is 0 Å². The van der Waals surface area contributed by atoms with Crippen LogP contribution in [0, 0.1) is 12.7 Å². The van der Waals surface area contributed by atoms with Gasteiger partial charge in [0.25, 0.3) is 11.5 Å². The quantitative estimate of drug-likeness (QED) is 0.352. The monoisotopic (exact) mass is 537 g/mol. The molecule has 1 aromatic carbocycles. The third-order valence-corrected chi connectivity index (χ3v) is 8.22. The second-order valence-corrected chi connectivity index (χ2v) is 11.0. The second kappa shape index (κ2) is 10.3. The lowest BCUT2D eigenvalue weighted by Gasteiger charge is -2.37. The first-order valence-electron chi connectivity index (χ1n) is 12.3. The number of thiocarbonyl (C=S) groups is 1. The zero-order valence-electron chi connectivity index (χ0n) is 21.0. The zero-order valence-corrected chi connectivity index (χ0v) is 22.6. The number of piperazine rings is 1. The molecule has 10 heteroatoms. The molecule has 3 aromatic rings. The summed E-state index contributed by atoms with van der Waals surface area (Å²) in [4.78, 5) is 38.2. The summed E-state index contributed by atoms with van der Waals surface area (Å²) >= 11 is 6.72. The minimum atomic E-state index is -0.262. The largest absolute Gasteiger partial charge is 0.368 e. The highest BCUT2D eigenvalue weighted by atomic mass is 32.2. The van der Waals surface area contributed by atoms with Gasteiger partial charge in [0.2, 0.25) is 0 Å². The van der Waals surface area contributed by atoms with Crippen molar-refractivity contribution in [3.63, 3.8) is 0 Å². The van der Waals surface area contributed by atoms with E-state index in [1.54, 1.807) is 29.3 Å². The van der Waals surface area contributed by atoms with Crippen LogP contribution in [0.1, 0.15) is 31.4 Å². The lowest BCUT2D eigenvalue weighted by atomic mass is 10.2. The molecule has 0 bridgehead atoms. The number of aryl methyl sites for hydroxylation is 1. The van der Waals surface area contributed by atoms with E-state index < -0.39 is 0 Å². The summed E-state index contributed by atoms with van der Waals surface area (Å²) in [6.07, 6.45) is 4.21. The molecule has 0 saturated carbocycles. The summed E-state index contributed by atoms with van der Waals surface area (Å²) < 4.78 is 15.4. The predicted molar refractivity (Wildman–Crippen MR) is 152 cm³/mol. The smallest absolute Gasteiger partial charge is 0.267 e. The number of nitrogens with zero attached hydrogens (tertiary/aromatic N) is 5. The van der Waals surface area contributed by atoms with E-state index in [2.05, 4.69) is 9.80 Å². The van der Waals surface area contributed by atoms with E-state index in [0.29, 0.717) is 52.4 Å². The number of halogens is 1. The van der Waals surface area contributed by atoms with E-state index in [0.717, 1.165) is 17.7 Å². The van der Waals surface area contributed by atoms with E-state index in [1.807, 2.05) is 32.9 Å². The molecule has 5 rings (SSSR count). The topological polar surface area (TPSA) is 61.2 Å². The number of carbonyl (C=O) groups excluding carboxylic acids is 1. The summed E-state index contributed by atoms with van der Waals surface area (Å²) in [5.41, 5.74) is 2.60. The molecule has 2 saturated heterocycles. The van der Waals surface area contributed by atoms with Crippen molar-refractivity contribution < 1.29 is 9.18 Å². The Balaban J connectivity index is 1.53. The van der Waals surface area contributed by atoms with E-state index in [4.69, 9.17) is 17.2 Å². The van der Waals surface area contributed by atoms with Crippen molar-refractivity contribution in [3.05, 3.63) is 74.8 Å². The van der Waals surface area contributed by atoms with Crippen LogP contribution in [0.4, 0.5) is 15.9 Å². The molecule has 0 aliphatic carbocycles. The minimum absolute atomic E-state index is 0.0177. The molecular weight excluding hydrogens is 509 g/mol. The number of hydrogen-bond acceptors (Lipinski definition) is 7. The maximum atomic E-state index is 13.7. The van der Waals surface area contributed by atoms with Crippen molar-refractivity contribution in [1.82, 2.24) is 14.3 Å². The molecule has 0 radical (unpaired) electrons. The average Bonchev–Trinajstić information content (AvgIpc) is 3.18. The molecule has 4 heterocycles. The first-order valence-corrected chi connectivity index (χ1v) is 13.5. The van der Waals surface area contributed by atoms with Crippen LogP contribution in [0.15, 0.2) is 52.3 Å². The maximum absolute atomic E-state index is 13.7. The van der Waals surface area contributed by atoms with Crippen molar-refractivity contribution in [3.8, 4) is 0 Å². The lowest BCUT2D eigenvalue weighted by Crippen LogP contribution is -2.47. The summed E-state index contributed by atoms with van der Waals surface area (Å²) in [5.74, 6) is 0.119. The van der Waals surface area contributed by atoms with Crippen LogP contribution < -0.4 is 15.4 Å². The van der Waals surface area contributed by atoms with E-state index >= 15 is 0 Å². The summed E-state index contributed by atoms with van der Waals surface area (Å²) in [6, 6.07) is 10.2. The van der Waals surface area contributed by atoms with Crippen molar-refractivity contribution in [2.45, 2.75) is 33.2 Å². The fraction of sp³-hybridized carbons (Fsp3) is 0.333. The van der Waals surface area contributed by atoms with Gasteiger partial charge in [-0.05, 0) is 62.2 Å². The normalized spacial score (nSPS) is 18.4. The Bertz CT molecular complexity index is 1460. The third kappa shape index (κ3) is 4.87. The molecule has 7 nitrogen and oxygen atoms in total. The van der Waals surface area contributed by atoms with Gasteiger partial charge in [0.05, 0.1) is 10.5 Å². The van der Waals surface area contributed by atoms with Gasteiger partial charge in [-0.2, -0.15) is 0 Å². The summed E-state index contributed by atoms with van der Waals surface area (Å²) in [7, 11) is 0. The van der Waals surface area contributed by atoms with Crippen LogP contribution in [-0.4, -0.2) is 56.7 Å². The van der Waals surface area contributed by atoms with Crippen LogP contribution in [0.2, 0.25) is 0 Å². The highest BCUT2D eigenvalue weighted by molar-refractivity contribution is 8.26. The molecular formula is C27H28FN5O2S2. The molecule has 0 spiro atoms. The number of benzene rings is 1. The van der Waals surface area contributed by atoms with Gasteiger partial charge in [-0.25, -0.2) is 9.37 Å². The standard InChI is InChI=1S/C27H28FN5O2S2/c1-4-18(3)33-26(35)22(37-27(33)36)15-21-24(29-23-10-5-17(2)16-32(23)25(21)34)31-13-11-30(12-14-31)20-8-6-19(28)7-9-20/h5-10,15-16,18H,4,11-14H2,1-3H3/b22-15+/t18-/m0/s1. The van der Waals surface area contributed by atoms with Gasteiger partial charge in [-0.1, -0.05) is 37.0 Å². The van der Waals surface area contributed by atoms with Gasteiger partial charge in [0.15, 0.2) is 0 Å². The summed E-state index contributed by atoms with van der Waals surface area (Å²) in [6.45, 7) is 8.53. The number of carbonyl (C=O) groups is 1. The number of rotatable bonds is 5.